The number of amides is 1. The van der Waals surface area contributed by atoms with Crippen molar-refractivity contribution in [3.8, 4) is 0 Å². The number of carbonyl (C=O) groups is 2. The van der Waals surface area contributed by atoms with E-state index in [4.69, 9.17) is 14.6 Å². The Morgan fingerprint density at radius 1 is 1.40 bits per heavy atom. The molecular formula is C14H25NO5. The van der Waals surface area contributed by atoms with Gasteiger partial charge in [0.15, 0.2) is 0 Å². The Bertz CT molecular complexity index is 357. The lowest BCUT2D eigenvalue weighted by molar-refractivity contribution is -0.139. The molecule has 2 unspecified atom stereocenters. The molecule has 1 aliphatic heterocycles. The van der Waals surface area contributed by atoms with Gasteiger partial charge in [-0.1, -0.05) is 6.92 Å². The van der Waals surface area contributed by atoms with E-state index in [1.165, 1.54) is 0 Å². The molecule has 1 heterocycles. The van der Waals surface area contributed by atoms with Gasteiger partial charge in [-0.3, -0.25) is 4.79 Å². The number of rotatable bonds is 5. The molecule has 2 atom stereocenters. The van der Waals surface area contributed by atoms with Gasteiger partial charge in [0, 0.05) is 12.5 Å². The molecule has 116 valence electrons. The molecule has 0 aromatic carbocycles. The van der Waals surface area contributed by atoms with Gasteiger partial charge in [-0.15, -0.1) is 0 Å². The topological polar surface area (TPSA) is 84.9 Å². The minimum atomic E-state index is -0.935. The van der Waals surface area contributed by atoms with Gasteiger partial charge in [0.2, 0.25) is 0 Å². The van der Waals surface area contributed by atoms with Crippen molar-refractivity contribution in [3.05, 3.63) is 0 Å². The number of carbonyl (C=O) groups excluding carboxylic acids is 1. The van der Waals surface area contributed by atoms with E-state index in [-0.39, 0.29) is 12.3 Å². The van der Waals surface area contributed by atoms with Crippen LogP contribution in [0.1, 0.15) is 47.0 Å². The fraction of sp³-hybridized carbons (Fsp3) is 0.857. The molecule has 2 N–H and O–H groups in total. The number of alkyl carbamates (subject to hydrolysis) is 1. The van der Waals surface area contributed by atoms with E-state index >= 15 is 0 Å². The Morgan fingerprint density at radius 2 is 2.05 bits per heavy atom. The number of hydrogen-bond donors (Lipinski definition) is 2. The van der Waals surface area contributed by atoms with Gasteiger partial charge in [0.25, 0.3) is 0 Å². The third kappa shape index (κ3) is 4.67. The highest BCUT2D eigenvalue weighted by atomic mass is 16.6. The van der Waals surface area contributed by atoms with Crippen LogP contribution in [0.15, 0.2) is 0 Å². The lowest BCUT2D eigenvalue weighted by Gasteiger charge is -2.37. The van der Waals surface area contributed by atoms with Crippen molar-refractivity contribution >= 4 is 12.1 Å². The van der Waals surface area contributed by atoms with Gasteiger partial charge >= 0.3 is 12.1 Å². The van der Waals surface area contributed by atoms with Gasteiger partial charge < -0.3 is 19.9 Å². The standard InChI is InChI=1S/C14H25NO5/c1-5-14(8-11(16)17,10-6-7-19-9-10)15-12(18)20-13(2,3)4/h10H,5-9H2,1-4H3,(H,15,18)(H,16,17). The Balaban J connectivity index is 2.85. The number of carboxylic acid groups (broad SMARTS) is 1. The van der Waals surface area contributed by atoms with E-state index in [2.05, 4.69) is 5.32 Å². The summed E-state index contributed by atoms with van der Waals surface area (Å²) < 4.78 is 10.6. The first-order chi connectivity index (χ1) is 9.18. The summed E-state index contributed by atoms with van der Waals surface area (Å²) >= 11 is 0. The molecule has 0 aromatic heterocycles. The molecule has 1 fully saturated rings. The molecule has 1 saturated heterocycles. The van der Waals surface area contributed by atoms with Crippen molar-refractivity contribution in [1.29, 1.82) is 0 Å². The summed E-state index contributed by atoms with van der Waals surface area (Å²) in [5, 5.41) is 11.9. The fourth-order valence-corrected chi connectivity index (χ4v) is 2.54. The van der Waals surface area contributed by atoms with Crippen molar-refractivity contribution in [3.63, 3.8) is 0 Å². The minimum absolute atomic E-state index is 0.00359. The van der Waals surface area contributed by atoms with E-state index in [1.807, 2.05) is 6.92 Å². The van der Waals surface area contributed by atoms with Crippen LogP contribution in [-0.2, 0) is 14.3 Å². The summed E-state index contributed by atoms with van der Waals surface area (Å²) in [6, 6.07) is 0. The lowest BCUT2D eigenvalue weighted by Crippen LogP contribution is -2.56. The van der Waals surface area contributed by atoms with Crippen LogP contribution in [0, 0.1) is 5.92 Å². The van der Waals surface area contributed by atoms with E-state index in [0.29, 0.717) is 19.6 Å². The largest absolute Gasteiger partial charge is 0.481 e. The third-order valence-electron chi connectivity index (χ3n) is 3.56. The number of ether oxygens (including phenoxy) is 2. The summed E-state index contributed by atoms with van der Waals surface area (Å²) in [4.78, 5) is 23.2. The fourth-order valence-electron chi connectivity index (χ4n) is 2.54. The zero-order valence-corrected chi connectivity index (χ0v) is 12.7. The second-order valence-corrected chi connectivity index (χ2v) is 6.27. The number of hydrogen-bond acceptors (Lipinski definition) is 4. The van der Waals surface area contributed by atoms with Gasteiger partial charge in [0.1, 0.15) is 5.60 Å². The maximum absolute atomic E-state index is 12.0. The van der Waals surface area contributed by atoms with Crippen LogP contribution in [0.2, 0.25) is 0 Å². The van der Waals surface area contributed by atoms with Crippen LogP contribution in [0.3, 0.4) is 0 Å². The maximum atomic E-state index is 12.0. The molecule has 1 amide bonds. The quantitative estimate of drug-likeness (QED) is 0.809. The number of aliphatic carboxylic acids is 1. The van der Waals surface area contributed by atoms with Crippen molar-refractivity contribution in [2.24, 2.45) is 5.92 Å². The van der Waals surface area contributed by atoms with Crippen LogP contribution in [0.5, 0.6) is 0 Å². The first-order valence-electron chi connectivity index (χ1n) is 6.99. The average molecular weight is 287 g/mol. The molecule has 6 nitrogen and oxygen atoms in total. The smallest absolute Gasteiger partial charge is 0.408 e. The summed E-state index contributed by atoms with van der Waals surface area (Å²) in [6.45, 7) is 8.26. The van der Waals surface area contributed by atoms with Crippen molar-refractivity contribution < 1.29 is 24.2 Å². The molecule has 0 aliphatic carbocycles. The number of nitrogens with one attached hydrogen (secondary N) is 1. The summed E-state index contributed by atoms with van der Waals surface area (Å²) in [7, 11) is 0. The van der Waals surface area contributed by atoms with E-state index < -0.39 is 23.2 Å². The molecule has 0 bridgehead atoms. The van der Waals surface area contributed by atoms with Gasteiger partial charge in [-0.2, -0.15) is 0 Å². The molecule has 0 aromatic rings. The molecule has 0 spiro atoms. The number of carboxylic acids is 1. The molecular weight excluding hydrogens is 262 g/mol. The third-order valence-corrected chi connectivity index (χ3v) is 3.56. The predicted molar refractivity (Wildman–Crippen MR) is 73.6 cm³/mol. The van der Waals surface area contributed by atoms with Crippen molar-refractivity contribution in [1.82, 2.24) is 5.32 Å². The summed E-state index contributed by atoms with van der Waals surface area (Å²) in [6.07, 6.45) is 0.563. The minimum Gasteiger partial charge on any atom is -0.481 e. The molecule has 6 heteroatoms. The van der Waals surface area contributed by atoms with Crippen LogP contribution in [-0.4, -0.2) is 41.5 Å². The molecule has 0 saturated carbocycles. The first kappa shape index (κ1) is 16.8. The average Bonchev–Trinajstić information content (AvgIpc) is 2.78. The highest BCUT2D eigenvalue weighted by molar-refractivity contribution is 5.73. The Hall–Kier alpha value is -1.30. The first-order valence-corrected chi connectivity index (χ1v) is 6.99. The predicted octanol–water partition coefficient (Wildman–Crippen LogP) is 2.17. The highest BCUT2D eigenvalue weighted by Gasteiger charge is 2.43. The van der Waals surface area contributed by atoms with Crippen LogP contribution < -0.4 is 5.32 Å². The molecule has 1 aliphatic rings. The summed E-state index contributed by atoms with van der Waals surface area (Å²) in [5.41, 5.74) is -1.43. The van der Waals surface area contributed by atoms with Crippen LogP contribution in [0.4, 0.5) is 4.79 Å². The van der Waals surface area contributed by atoms with Gasteiger partial charge in [-0.05, 0) is 33.6 Å². The lowest BCUT2D eigenvalue weighted by atomic mass is 9.78. The second-order valence-electron chi connectivity index (χ2n) is 6.27. The van der Waals surface area contributed by atoms with Crippen LogP contribution >= 0.6 is 0 Å². The normalized spacial score (nSPS) is 22.1. The molecule has 20 heavy (non-hydrogen) atoms. The van der Waals surface area contributed by atoms with Crippen molar-refractivity contribution in [2.75, 3.05) is 13.2 Å². The van der Waals surface area contributed by atoms with Gasteiger partial charge in [-0.25, -0.2) is 4.79 Å². The Kier molecular flexibility index (Phi) is 5.39. The van der Waals surface area contributed by atoms with E-state index in [0.717, 1.165) is 6.42 Å². The Labute approximate surface area is 119 Å². The zero-order chi connectivity index (χ0) is 15.4. The molecule has 1 rings (SSSR count). The highest BCUT2D eigenvalue weighted by Crippen LogP contribution is 2.32. The SMILES string of the molecule is CCC(CC(=O)O)(NC(=O)OC(C)(C)C)C1CCOC1. The van der Waals surface area contributed by atoms with E-state index in [9.17, 15) is 9.59 Å². The van der Waals surface area contributed by atoms with E-state index in [1.54, 1.807) is 20.8 Å². The van der Waals surface area contributed by atoms with Gasteiger partial charge in [0.05, 0.1) is 18.6 Å². The van der Waals surface area contributed by atoms with Crippen molar-refractivity contribution in [2.45, 2.75) is 58.1 Å². The Morgan fingerprint density at radius 3 is 2.45 bits per heavy atom. The molecule has 0 radical (unpaired) electrons. The monoisotopic (exact) mass is 287 g/mol. The zero-order valence-electron chi connectivity index (χ0n) is 12.7. The summed E-state index contributed by atoms with van der Waals surface area (Å²) in [5.74, 6) is -0.939. The second kappa shape index (κ2) is 6.43. The maximum Gasteiger partial charge on any atom is 0.408 e. The van der Waals surface area contributed by atoms with Crippen LogP contribution in [0.25, 0.3) is 0 Å².